The number of nitrogens with zero attached hydrogens (tertiary/aromatic N) is 1. The number of imide groups is 1. The zero-order valence-corrected chi connectivity index (χ0v) is 18.1. The van der Waals surface area contributed by atoms with Crippen LogP contribution in [0.1, 0.15) is 30.5 Å². The maximum absolute atomic E-state index is 13.1. The van der Waals surface area contributed by atoms with E-state index < -0.39 is 0 Å². The van der Waals surface area contributed by atoms with Gasteiger partial charge in [-0.2, -0.15) is 0 Å². The van der Waals surface area contributed by atoms with Crippen molar-refractivity contribution in [1.29, 1.82) is 0 Å². The lowest BCUT2D eigenvalue weighted by molar-refractivity contribution is -0.137. The molecule has 1 aliphatic heterocycles. The molecule has 1 heterocycles. The predicted octanol–water partition coefficient (Wildman–Crippen LogP) is 3.93. The Bertz CT molecular complexity index is 977. The number of aryl methyl sites for hydroxylation is 2. The summed E-state index contributed by atoms with van der Waals surface area (Å²) in [5.74, 6) is 0.0739. The van der Waals surface area contributed by atoms with E-state index >= 15 is 0 Å². The number of rotatable bonds is 8. The minimum atomic E-state index is -0.354. The van der Waals surface area contributed by atoms with Gasteiger partial charge in [-0.1, -0.05) is 18.2 Å². The Labute approximate surface area is 177 Å². The van der Waals surface area contributed by atoms with Crippen LogP contribution < -0.4 is 10.1 Å². The summed E-state index contributed by atoms with van der Waals surface area (Å²) in [6.45, 7) is 8.42. The zero-order valence-electron chi connectivity index (χ0n) is 18.1. The Morgan fingerprint density at radius 1 is 0.967 bits per heavy atom. The molecule has 30 heavy (non-hydrogen) atoms. The minimum Gasteiger partial charge on any atom is -0.491 e. The van der Waals surface area contributed by atoms with Crippen LogP contribution in [0.2, 0.25) is 0 Å². The van der Waals surface area contributed by atoms with Gasteiger partial charge in [0.15, 0.2) is 0 Å². The lowest BCUT2D eigenvalue weighted by Gasteiger charge is -2.14. The largest absolute Gasteiger partial charge is 0.491 e. The molecule has 0 atom stereocenters. The van der Waals surface area contributed by atoms with E-state index in [1.54, 1.807) is 7.11 Å². The monoisotopic (exact) mass is 408 g/mol. The van der Waals surface area contributed by atoms with Crippen molar-refractivity contribution in [3.8, 4) is 5.75 Å². The third-order valence-electron chi connectivity index (χ3n) is 4.98. The maximum Gasteiger partial charge on any atom is 0.278 e. The SMILES string of the molecule is COCCN1C(=O)C(Nc2ccc(OC(C)C)cc2)=C(c2ccc(C)c(C)c2)C1=O. The molecule has 2 aromatic rings. The molecule has 1 N–H and O–H groups in total. The minimum absolute atomic E-state index is 0.0753. The maximum atomic E-state index is 13.1. The molecule has 2 amide bonds. The van der Waals surface area contributed by atoms with Gasteiger partial charge < -0.3 is 14.8 Å². The standard InChI is InChI=1S/C24H28N2O4/c1-15(2)30-20-10-8-19(9-11-20)25-22-21(18-7-6-16(3)17(4)14-18)23(27)26(24(22)28)12-13-29-5/h6-11,14-15,25H,12-13H2,1-5H3. The van der Waals surface area contributed by atoms with Gasteiger partial charge in [-0.3, -0.25) is 14.5 Å². The highest BCUT2D eigenvalue weighted by Crippen LogP contribution is 2.31. The fourth-order valence-corrected chi connectivity index (χ4v) is 3.28. The normalized spacial score (nSPS) is 14.1. The number of hydrogen-bond acceptors (Lipinski definition) is 5. The van der Waals surface area contributed by atoms with Crippen molar-refractivity contribution < 1.29 is 19.1 Å². The molecule has 1 aliphatic rings. The third-order valence-corrected chi connectivity index (χ3v) is 4.98. The summed E-state index contributed by atoms with van der Waals surface area (Å²) in [4.78, 5) is 27.4. The van der Waals surface area contributed by atoms with Crippen LogP contribution in [0.4, 0.5) is 5.69 Å². The first-order chi connectivity index (χ1) is 14.3. The van der Waals surface area contributed by atoms with E-state index in [-0.39, 0.29) is 36.8 Å². The highest BCUT2D eigenvalue weighted by atomic mass is 16.5. The van der Waals surface area contributed by atoms with E-state index in [1.807, 2.05) is 70.2 Å². The average molecular weight is 408 g/mol. The fraction of sp³-hybridized carbons (Fsp3) is 0.333. The predicted molar refractivity (Wildman–Crippen MR) is 117 cm³/mol. The molecule has 158 valence electrons. The molecule has 0 aliphatic carbocycles. The van der Waals surface area contributed by atoms with Crippen molar-refractivity contribution in [2.75, 3.05) is 25.6 Å². The molecule has 2 aromatic carbocycles. The smallest absolute Gasteiger partial charge is 0.278 e. The van der Waals surface area contributed by atoms with Crippen LogP contribution in [-0.4, -0.2) is 43.1 Å². The van der Waals surface area contributed by atoms with Crippen molar-refractivity contribution >= 4 is 23.1 Å². The number of nitrogens with one attached hydrogen (secondary N) is 1. The molecule has 0 bridgehead atoms. The Morgan fingerprint density at radius 3 is 2.27 bits per heavy atom. The molecule has 0 fully saturated rings. The van der Waals surface area contributed by atoms with Crippen molar-refractivity contribution in [1.82, 2.24) is 4.90 Å². The molecule has 6 nitrogen and oxygen atoms in total. The van der Waals surface area contributed by atoms with Gasteiger partial charge in [-0.05, 0) is 68.7 Å². The average Bonchev–Trinajstić information content (AvgIpc) is 2.93. The number of amides is 2. The number of ether oxygens (including phenoxy) is 2. The number of methoxy groups -OCH3 is 1. The first-order valence-corrected chi connectivity index (χ1v) is 10.0. The Morgan fingerprint density at radius 2 is 1.67 bits per heavy atom. The first kappa shape index (κ1) is 21.6. The van der Waals surface area contributed by atoms with Gasteiger partial charge in [0.2, 0.25) is 0 Å². The Kier molecular flexibility index (Phi) is 6.57. The summed E-state index contributed by atoms with van der Waals surface area (Å²) in [6.07, 6.45) is 0.0753. The van der Waals surface area contributed by atoms with Crippen LogP contribution in [0, 0.1) is 13.8 Å². The van der Waals surface area contributed by atoms with Crippen LogP contribution in [-0.2, 0) is 14.3 Å². The van der Waals surface area contributed by atoms with E-state index in [0.29, 0.717) is 11.3 Å². The number of hydrogen-bond donors (Lipinski definition) is 1. The molecule has 0 unspecified atom stereocenters. The van der Waals surface area contributed by atoms with Crippen molar-refractivity contribution in [2.45, 2.75) is 33.8 Å². The van der Waals surface area contributed by atoms with Gasteiger partial charge >= 0.3 is 0 Å². The fourth-order valence-electron chi connectivity index (χ4n) is 3.28. The van der Waals surface area contributed by atoms with Crippen molar-refractivity contribution in [3.63, 3.8) is 0 Å². The summed E-state index contributed by atoms with van der Waals surface area (Å²) >= 11 is 0. The highest BCUT2D eigenvalue weighted by Gasteiger charge is 2.39. The van der Waals surface area contributed by atoms with Crippen molar-refractivity contribution in [2.24, 2.45) is 0 Å². The van der Waals surface area contributed by atoms with E-state index in [9.17, 15) is 9.59 Å². The number of carbonyl (C=O) groups excluding carboxylic acids is 2. The molecule has 0 saturated heterocycles. The topological polar surface area (TPSA) is 67.9 Å². The molecule has 0 aromatic heterocycles. The molecule has 0 radical (unpaired) electrons. The summed E-state index contributed by atoms with van der Waals surface area (Å²) < 4.78 is 10.7. The molecular weight excluding hydrogens is 380 g/mol. The summed E-state index contributed by atoms with van der Waals surface area (Å²) in [5, 5.41) is 3.16. The first-order valence-electron chi connectivity index (χ1n) is 10.0. The second-order valence-corrected chi connectivity index (χ2v) is 7.62. The van der Waals surface area contributed by atoms with E-state index in [2.05, 4.69) is 5.32 Å². The van der Waals surface area contributed by atoms with Crippen LogP contribution >= 0.6 is 0 Å². The quantitative estimate of drug-likeness (QED) is 0.671. The second-order valence-electron chi connectivity index (χ2n) is 7.62. The van der Waals surface area contributed by atoms with Gasteiger partial charge in [-0.25, -0.2) is 0 Å². The van der Waals surface area contributed by atoms with E-state index in [1.165, 1.54) is 4.90 Å². The third kappa shape index (κ3) is 4.54. The highest BCUT2D eigenvalue weighted by molar-refractivity contribution is 6.36. The van der Waals surface area contributed by atoms with Crippen LogP contribution in [0.3, 0.4) is 0 Å². The van der Waals surface area contributed by atoms with Gasteiger partial charge in [0.05, 0.1) is 24.8 Å². The van der Waals surface area contributed by atoms with Crippen molar-refractivity contribution in [3.05, 3.63) is 64.9 Å². The molecular formula is C24H28N2O4. The Hall–Kier alpha value is -3.12. The van der Waals surface area contributed by atoms with E-state index in [0.717, 1.165) is 22.4 Å². The molecule has 0 spiro atoms. The van der Waals surface area contributed by atoms with Gasteiger partial charge in [0.25, 0.3) is 11.8 Å². The Balaban J connectivity index is 1.98. The molecule has 6 heteroatoms. The summed E-state index contributed by atoms with van der Waals surface area (Å²) in [6, 6.07) is 13.1. The van der Waals surface area contributed by atoms with Gasteiger partial charge in [-0.15, -0.1) is 0 Å². The number of benzene rings is 2. The second kappa shape index (κ2) is 9.13. The van der Waals surface area contributed by atoms with Crippen LogP contribution in [0.5, 0.6) is 5.75 Å². The van der Waals surface area contributed by atoms with Gasteiger partial charge in [0, 0.05) is 12.8 Å². The van der Waals surface area contributed by atoms with Crippen LogP contribution in [0.25, 0.3) is 5.57 Å². The summed E-state index contributed by atoms with van der Waals surface area (Å²) in [7, 11) is 1.54. The zero-order chi connectivity index (χ0) is 21.8. The molecule has 3 rings (SSSR count). The lowest BCUT2D eigenvalue weighted by atomic mass is 9.99. The van der Waals surface area contributed by atoms with E-state index in [4.69, 9.17) is 9.47 Å². The number of anilines is 1. The number of carbonyl (C=O) groups is 2. The molecule has 0 saturated carbocycles. The lowest BCUT2D eigenvalue weighted by Crippen LogP contribution is -2.35. The van der Waals surface area contributed by atoms with Gasteiger partial charge in [0.1, 0.15) is 11.4 Å². The summed E-state index contributed by atoms with van der Waals surface area (Å²) in [5.41, 5.74) is 4.27. The van der Waals surface area contributed by atoms with Crippen LogP contribution in [0.15, 0.2) is 48.2 Å².